The molecular weight excluding hydrogens is 375 g/mol. The fourth-order valence-electron chi connectivity index (χ4n) is 2.79. The Morgan fingerprint density at radius 1 is 1.39 bits per heavy atom. The number of rotatable bonds is 6. The van der Waals surface area contributed by atoms with E-state index in [4.69, 9.17) is 0 Å². The summed E-state index contributed by atoms with van der Waals surface area (Å²) in [6, 6.07) is 0.929. The van der Waals surface area contributed by atoms with Gasteiger partial charge < -0.3 is 20.9 Å². The molecule has 0 spiro atoms. The van der Waals surface area contributed by atoms with Crippen LogP contribution in [0, 0.1) is 5.92 Å². The molecule has 8 nitrogen and oxygen atoms in total. The van der Waals surface area contributed by atoms with Crippen LogP contribution in [-0.4, -0.2) is 66.0 Å². The SMILES string of the molecule is CN=C(NCCNc1nccc(C(F)(F)F)n1)NC1CCN(C(=O)C(C)C)C1. The number of aromatic nitrogens is 2. The molecule has 0 bridgehead atoms. The van der Waals surface area contributed by atoms with Gasteiger partial charge >= 0.3 is 6.18 Å². The molecule has 0 radical (unpaired) electrons. The summed E-state index contributed by atoms with van der Waals surface area (Å²) >= 11 is 0. The van der Waals surface area contributed by atoms with Crippen LogP contribution >= 0.6 is 0 Å². The Hall–Kier alpha value is -2.59. The maximum atomic E-state index is 12.6. The maximum absolute atomic E-state index is 12.6. The molecule has 1 aromatic rings. The summed E-state index contributed by atoms with van der Waals surface area (Å²) in [5.74, 6) is 0.590. The van der Waals surface area contributed by atoms with Crippen molar-refractivity contribution in [1.29, 1.82) is 0 Å². The molecule has 0 aromatic carbocycles. The van der Waals surface area contributed by atoms with E-state index >= 15 is 0 Å². The number of amides is 1. The summed E-state index contributed by atoms with van der Waals surface area (Å²) in [7, 11) is 1.63. The minimum atomic E-state index is -4.50. The molecular formula is C17H26F3N7O. The molecule has 1 aromatic heterocycles. The van der Waals surface area contributed by atoms with Gasteiger partial charge in [-0.3, -0.25) is 9.79 Å². The van der Waals surface area contributed by atoms with Crippen molar-refractivity contribution in [3.8, 4) is 0 Å². The minimum absolute atomic E-state index is 0.0275. The smallest absolute Gasteiger partial charge is 0.355 e. The molecule has 1 unspecified atom stereocenters. The molecule has 1 atom stereocenters. The van der Waals surface area contributed by atoms with Gasteiger partial charge in [0.2, 0.25) is 11.9 Å². The lowest BCUT2D eigenvalue weighted by Crippen LogP contribution is -2.46. The lowest BCUT2D eigenvalue weighted by atomic mass is 10.2. The van der Waals surface area contributed by atoms with Crippen molar-refractivity contribution >= 4 is 17.8 Å². The number of nitrogens with one attached hydrogen (secondary N) is 3. The third-order valence-electron chi connectivity index (χ3n) is 4.20. The summed E-state index contributed by atoms with van der Waals surface area (Å²) in [6.07, 6.45) is -2.61. The third-order valence-corrected chi connectivity index (χ3v) is 4.20. The predicted octanol–water partition coefficient (Wildman–Crippen LogP) is 1.33. The standard InChI is InChI=1S/C17H26F3N7O/c1-11(2)14(28)27-9-5-12(10-27)25-15(21-3)23-7-8-24-16-22-6-4-13(26-16)17(18,19)20/h4,6,11-12H,5,7-10H2,1-3H3,(H2,21,23,25)(H,22,24,26). The highest BCUT2D eigenvalue weighted by atomic mass is 19.4. The van der Waals surface area contributed by atoms with Crippen molar-refractivity contribution in [2.45, 2.75) is 32.5 Å². The average Bonchev–Trinajstić information content (AvgIpc) is 3.11. The van der Waals surface area contributed by atoms with Gasteiger partial charge in [0.05, 0.1) is 0 Å². The van der Waals surface area contributed by atoms with E-state index in [1.165, 1.54) is 0 Å². The molecule has 1 aliphatic rings. The van der Waals surface area contributed by atoms with E-state index in [1.54, 1.807) is 7.05 Å². The van der Waals surface area contributed by atoms with E-state index in [0.29, 0.717) is 32.1 Å². The fourth-order valence-corrected chi connectivity index (χ4v) is 2.79. The number of anilines is 1. The molecule has 28 heavy (non-hydrogen) atoms. The fraction of sp³-hybridized carbons (Fsp3) is 0.647. The van der Waals surface area contributed by atoms with Crippen LogP contribution < -0.4 is 16.0 Å². The van der Waals surface area contributed by atoms with Crippen LogP contribution in [0.25, 0.3) is 0 Å². The van der Waals surface area contributed by atoms with Crippen molar-refractivity contribution in [1.82, 2.24) is 25.5 Å². The first-order valence-corrected chi connectivity index (χ1v) is 9.10. The number of halogens is 3. The van der Waals surface area contributed by atoms with Crippen LogP contribution in [0.2, 0.25) is 0 Å². The number of hydrogen-bond acceptors (Lipinski definition) is 5. The number of carbonyl (C=O) groups is 1. The maximum Gasteiger partial charge on any atom is 0.433 e. The van der Waals surface area contributed by atoms with Crippen molar-refractivity contribution < 1.29 is 18.0 Å². The first-order chi connectivity index (χ1) is 13.2. The van der Waals surface area contributed by atoms with E-state index < -0.39 is 11.9 Å². The molecule has 156 valence electrons. The van der Waals surface area contributed by atoms with Gasteiger partial charge in [-0.25, -0.2) is 9.97 Å². The Bertz CT molecular complexity index is 694. The lowest BCUT2D eigenvalue weighted by Gasteiger charge is -2.20. The average molecular weight is 401 g/mol. The second-order valence-corrected chi connectivity index (χ2v) is 6.76. The molecule has 1 fully saturated rings. The lowest BCUT2D eigenvalue weighted by molar-refractivity contribution is -0.141. The Morgan fingerprint density at radius 3 is 2.79 bits per heavy atom. The highest BCUT2D eigenvalue weighted by Gasteiger charge is 2.32. The molecule has 0 aliphatic carbocycles. The van der Waals surface area contributed by atoms with Gasteiger partial charge in [0.15, 0.2) is 5.96 Å². The van der Waals surface area contributed by atoms with E-state index in [9.17, 15) is 18.0 Å². The number of aliphatic imine (C=N–C) groups is 1. The van der Waals surface area contributed by atoms with Crippen molar-refractivity contribution in [2.24, 2.45) is 10.9 Å². The molecule has 1 amide bonds. The Morgan fingerprint density at radius 2 is 2.14 bits per heavy atom. The van der Waals surface area contributed by atoms with Crippen LogP contribution in [0.1, 0.15) is 26.0 Å². The second kappa shape index (κ2) is 9.56. The van der Waals surface area contributed by atoms with Gasteiger partial charge in [-0.1, -0.05) is 13.8 Å². The highest BCUT2D eigenvalue weighted by Crippen LogP contribution is 2.27. The van der Waals surface area contributed by atoms with Crippen molar-refractivity contribution in [3.63, 3.8) is 0 Å². The van der Waals surface area contributed by atoms with Gasteiger partial charge in [0.1, 0.15) is 5.69 Å². The molecule has 1 saturated heterocycles. The summed E-state index contributed by atoms with van der Waals surface area (Å²) < 4.78 is 37.9. The van der Waals surface area contributed by atoms with Gasteiger partial charge in [-0.2, -0.15) is 13.2 Å². The van der Waals surface area contributed by atoms with E-state index in [0.717, 1.165) is 18.7 Å². The topological polar surface area (TPSA) is 94.5 Å². The highest BCUT2D eigenvalue weighted by molar-refractivity contribution is 5.81. The summed E-state index contributed by atoms with van der Waals surface area (Å²) in [4.78, 5) is 25.2. The Balaban J connectivity index is 1.74. The molecule has 0 saturated carbocycles. The number of nitrogens with zero attached hydrogens (tertiary/aromatic N) is 4. The summed E-state index contributed by atoms with van der Waals surface area (Å²) in [5, 5.41) is 9.07. The number of hydrogen-bond donors (Lipinski definition) is 3. The number of guanidine groups is 1. The van der Waals surface area contributed by atoms with Gasteiger partial charge in [0, 0.05) is 51.4 Å². The molecule has 2 rings (SSSR count). The van der Waals surface area contributed by atoms with Crippen molar-refractivity contribution in [2.75, 3.05) is 38.5 Å². The van der Waals surface area contributed by atoms with E-state index in [1.807, 2.05) is 18.7 Å². The van der Waals surface area contributed by atoms with Gasteiger partial charge in [-0.15, -0.1) is 0 Å². The number of alkyl halides is 3. The monoisotopic (exact) mass is 401 g/mol. The van der Waals surface area contributed by atoms with Gasteiger partial charge in [-0.05, 0) is 12.5 Å². The number of likely N-dealkylation sites (tertiary alicyclic amines) is 1. The van der Waals surface area contributed by atoms with Crippen LogP contribution in [0.4, 0.5) is 19.1 Å². The van der Waals surface area contributed by atoms with Crippen LogP contribution in [0.15, 0.2) is 17.3 Å². The summed E-state index contributed by atoms with van der Waals surface area (Å²) in [5.41, 5.74) is -0.989. The normalized spacial score (nSPS) is 17.8. The first kappa shape index (κ1) is 21.7. The zero-order valence-corrected chi connectivity index (χ0v) is 16.2. The Labute approximate surface area is 162 Å². The van der Waals surface area contributed by atoms with Crippen LogP contribution in [0.5, 0.6) is 0 Å². The van der Waals surface area contributed by atoms with Crippen molar-refractivity contribution in [3.05, 3.63) is 18.0 Å². The second-order valence-electron chi connectivity index (χ2n) is 6.76. The molecule has 3 N–H and O–H groups in total. The van der Waals surface area contributed by atoms with Crippen LogP contribution in [-0.2, 0) is 11.0 Å². The van der Waals surface area contributed by atoms with Crippen LogP contribution in [0.3, 0.4) is 0 Å². The van der Waals surface area contributed by atoms with E-state index in [2.05, 4.69) is 30.9 Å². The predicted molar refractivity (Wildman–Crippen MR) is 99.8 cm³/mol. The van der Waals surface area contributed by atoms with Gasteiger partial charge in [0.25, 0.3) is 0 Å². The largest absolute Gasteiger partial charge is 0.433 e. The zero-order chi connectivity index (χ0) is 20.7. The first-order valence-electron chi connectivity index (χ1n) is 9.10. The molecule has 1 aliphatic heterocycles. The third kappa shape index (κ3) is 6.24. The van der Waals surface area contributed by atoms with E-state index in [-0.39, 0.29) is 23.8 Å². The number of carbonyl (C=O) groups excluding carboxylic acids is 1. The zero-order valence-electron chi connectivity index (χ0n) is 16.2. The quantitative estimate of drug-likeness (QED) is 0.378. The Kier molecular flexibility index (Phi) is 7.41. The molecule has 2 heterocycles. The minimum Gasteiger partial charge on any atom is -0.355 e. The molecule has 11 heteroatoms. The summed E-state index contributed by atoms with van der Waals surface area (Å²) in [6.45, 7) is 5.80.